The maximum absolute atomic E-state index is 2.34. The van der Waals surface area contributed by atoms with E-state index in [9.17, 15) is 0 Å². The van der Waals surface area contributed by atoms with Crippen molar-refractivity contribution in [2.45, 2.75) is 29.4 Å². The van der Waals surface area contributed by atoms with Gasteiger partial charge in [-0.1, -0.05) is 30.3 Å². The highest BCUT2D eigenvalue weighted by atomic mass is 32.2. The van der Waals surface area contributed by atoms with Crippen molar-refractivity contribution in [2.75, 3.05) is 37.5 Å². The van der Waals surface area contributed by atoms with Gasteiger partial charge in [0.05, 0.1) is 0 Å². The molecule has 0 spiro atoms. The summed E-state index contributed by atoms with van der Waals surface area (Å²) in [7, 11) is 0. The Bertz CT molecular complexity index is 1240. The van der Waals surface area contributed by atoms with Crippen molar-refractivity contribution in [3.05, 3.63) is 36.4 Å². The molecule has 156 valence electrons. The van der Waals surface area contributed by atoms with Crippen LogP contribution in [0.15, 0.2) is 65.8 Å². The van der Waals surface area contributed by atoms with Crippen molar-refractivity contribution >= 4 is 103 Å². The Morgan fingerprint density at radius 1 is 0.400 bits per heavy atom. The van der Waals surface area contributed by atoms with Crippen LogP contribution in [-0.2, 0) is 0 Å². The van der Waals surface area contributed by atoms with E-state index < -0.39 is 0 Å². The molecule has 4 rings (SSSR count). The Morgan fingerprint density at radius 2 is 0.867 bits per heavy atom. The molecule has 0 saturated carbocycles. The predicted molar refractivity (Wildman–Crippen MR) is 150 cm³/mol. The van der Waals surface area contributed by atoms with Gasteiger partial charge in [0.2, 0.25) is 0 Å². The molecule has 4 aromatic rings. The molecule has 0 unspecified atom stereocenters. The van der Waals surface area contributed by atoms with E-state index in [0.717, 1.165) is 0 Å². The molecular weight excluding hydrogens is 481 g/mol. The lowest BCUT2D eigenvalue weighted by Gasteiger charge is -2.23. The molecule has 0 nitrogen and oxygen atoms in total. The fourth-order valence-electron chi connectivity index (χ4n) is 4.25. The van der Waals surface area contributed by atoms with E-state index in [1.54, 1.807) is 0 Å². The summed E-state index contributed by atoms with van der Waals surface area (Å²) in [5.41, 5.74) is 0. The highest BCUT2D eigenvalue weighted by Crippen LogP contribution is 2.53. The first-order chi connectivity index (χ1) is 14.7. The zero-order valence-corrected chi connectivity index (χ0v) is 22.8. The smallest absolute Gasteiger partial charge is 0.0359 e. The fourth-order valence-corrected chi connectivity index (χ4v) is 10.1. The average molecular weight is 505 g/mol. The maximum atomic E-state index is 2.34. The van der Waals surface area contributed by atoms with Crippen LogP contribution >= 0.6 is 70.6 Å². The lowest BCUT2D eigenvalue weighted by Crippen LogP contribution is -1.95. The van der Waals surface area contributed by atoms with Crippen LogP contribution in [0.25, 0.3) is 32.3 Å². The van der Waals surface area contributed by atoms with Crippen LogP contribution in [0, 0.1) is 0 Å². The van der Waals surface area contributed by atoms with Crippen molar-refractivity contribution in [3.8, 4) is 0 Å². The minimum absolute atomic E-state index is 1.36. The van der Waals surface area contributed by atoms with Crippen LogP contribution in [0.4, 0.5) is 0 Å². The third-order valence-corrected chi connectivity index (χ3v) is 10.8. The maximum Gasteiger partial charge on any atom is 0.0359 e. The molecule has 0 heterocycles. The van der Waals surface area contributed by atoms with Crippen LogP contribution in [-0.4, -0.2) is 37.5 Å². The van der Waals surface area contributed by atoms with Crippen LogP contribution in [0.3, 0.4) is 0 Å². The van der Waals surface area contributed by atoms with Crippen molar-refractivity contribution in [1.29, 1.82) is 0 Å². The molecule has 0 fully saturated rings. The minimum Gasteiger partial charge on any atom is -0.128 e. The Kier molecular flexibility index (Phi) is 7.43. The van der Waals surface area contributed by atoms with Gasteiger partial charge in [0, 0.05) is 45.5 Å². The van der Waals surface area contributed by atoms with E-state index in [4.69, 9.17) is 0 Å². The molecule has 0 aliphatic carbocycles. The van der Waals surface area contributed by atoms with E-state index >= 15 is 0 Å². The topological polar surface area (TPSA) is 0 Å². The molecule has 30 heavy (non-hydrogen) atoms. The third kappa shape index (κ3) is 3.46. The van der Waals surface area contributed by atoms with E-state index in [1.807, 2.05) is 70.6 Å². The summed E-state index contributed by atoms with van der Waals surface area (Å²) in [6.07, 6.45) is 13.3. The average Bonchev–Trinajstić information content (AvgIpc) is 2.80. The lowest BCUT2D eigenvalue weighted by atomic mass is 9.94. The fraction of sp³-hybridized carbons (Fsp3) is 0.250. The normalized spacial score (nSPS) is 11.8. The second-order valence-electron chi connectivity index (χ2n) is 6.65. The summed E-state index contributed by atoms with van der Waals surface area (Å²) >= 11 is 11.3. The SMILES string of the molecule is CSc1ccc2c3ccccc3c3c(SC)c(SC)c(SC)c(SC)c3c2c1SC. The second-order valence-corrected chi connectivity index (χ2v) is 11.6. The largest absolute Gasteiger partial charge is 0.128 e. The highest BCUT2D eigenvalue weighted by Gasteiger charge is 2.24. The molecule has 6 heteroatoms. The Balaban J connectivity index is 2.48. The Morgan fingerprint density at radius 3 is 1.40 bits per heavy atom. The molecule has 0 aliphatic rings. The van der Waals surface area contributed by atoms with Gasteiger partial charge in [0.1, 0.15) is 0 Å². The van der Waals surface area contributed by atoms with Crippen molar-refractivity contribution in [3.63, 3.8) is 0 Å². The van der Waals surface area contributed by atoms with Crippen LogP contribution in [0.5, 0.6) is 0 Å². The van der Waals surface area contributed by atoms with E-state index in [-0.39, 0.29) is 0 Å². The standard InChI is InChI=1S/C24H24S6/c1-25-16-12-11-15-13-9-7-8-10-14(13)18-19(17(15)20(16)26-2)22(28-4)24(30-6)23(29-5)21(18)27-3/h7-12H,1-6H3. The summed E-state index contributed by atoms with van der Waals surface area (Å²) in [6.45, 7) is 0. The van der Waals surface area contributed by atoms with Gasteiger partial charge in [-0.3, -0.25) is 0 Å². The van der Waals surface area contributed by atoms with Crippen molar-refractivity contribution in [1.82, 2.24) is 0 Å². The van der Waals surface area contributed by atoms with Gasteiger partial charge < -0.3 is 0 Å². The summed E-state index contributed by atoms with van der Waals surface area (Å²) in [6, 6.07) is 13.6. The van der Waals surface area contributed by atoms with Gasteiger partial charge in [-0.05, 0) is 59.8 Å². The Labute approximate surface area is 204 Å². The van der Waals surface area contributed by atoms with Crippen LogP contribution in [0.2, 0.25) is 0 Å². The number of thioether (sulfide) groups is 6. The van der Waals surface area contributed by atoms with Gasteiger partial charge >= 0.3 is 0 Å². The van der Waals surface area contributed by atoms with E-state index in [0.29, 0.717) is 0 Å². The summed E-state index contributed by atoms with van der Waals surface area (Å²) in [4.78, 5) is 8.45. The molecule has 0 aromatic heterocycles. The molecular formula is C24H24S6. The van der Waals surface area contributed by atoms with Gasteiger partial charge in [-0.15, -0.1) is 70.6 Å². The molecule has 0 amide bonds. The van der Waals surface area contributed by atoms with Crippen LogP contribution < -0.4 is 0 Å². The van der Waals surface area contributed by atoms with Gasteiger partial charge in [0.25, 0.3) is 0 Å². The zero-order valence-electron chi connectivity index (χ0n) is 17.9. The first-order valence-electron chi connectivity index (χ1n) is 9.41. The number of fused-ring (bicyclic) bond motifs is 6. The number of hydrogen-bond donors (Lipinski definition) is 0. The summed E-state index contributed by atoms with van der Waals surface area (Å²) in [5, 5.41) is 8.37. The predicted octanol–water partition coefficient (Wildman–Crippen LogP) is 9.48. The monoisotopic (exact) mass is 504 g/mol. The van der Waals surface area contributed by atoms with Gasteiger partial charge in [-0.2, -0.15) is 0 Å². The highest BCUT2D eigenvalue weighted by molar-refractivity contribution is 8.04. The summed E-state index contributed by atoms with van der Waals surface area (Å²) < 4.78 is 0. The van der Waals surface area contributed by atoms with Crippen LogP contribution in [0.1, 0.15) is 0 Å². The van der Waals surface area contributed by atoms with Gasteiger partial charge in [-0.25, -0.2) is 0 Å². The first-order valence-corrected chi connectivity index (χ1v) is 16.8. The zero-order chi connectivity index (χ0) is 21.4. The third-order valence-electron chi connectivity index (χ3n) is 5.42. The quantitative estimate of drug-likeness (QED) is 0.188. The van der Waals surface area contributed by atoms with E-state index in [1.165, 1.54) is 61.7 Å². The second kappa shape index (κ2) is 9.72. The van der Waals surface area contributed by atoms with Gasteiger partial charge in [0.15, 0.2) is 0 Å². The van der Waals surface area contributed by atoms with Crippen molar-refractivity contribution < 1.29 is 0 Å². The number of benzene rings is 4. The molecule has 4 aromatic carbocycles. The van der Waals surface area contributed by atoms with E-state index in [2.05, 4.69) is 73.9 Å². The molecule has 0 N–H and O–H groups in total. The summed E-state index contributed by atoms with van der Waals surface area (Å²) in [5.74, 6) is 0. The molecule has 0 radical (unpaired) electrons. The first kappa shape index (κ1) is 22.9. The Hall–Kier alpha value is -0.240. The molecule has 0 atom stereocenters. The molecule has 0 bridgehead atoms. The molecule has 0 aliphatic heterocycles. The molecule has 0 saturated heterocycles. The number of rotatable bonds is 6. The lowest BCUT2D eigenvalue weighted by molar-refractivity contribution is 1.09. The number of hydrogen-bond acceptors (Lipinski definition) is 6. The van der Waals surface area contributed by atoms with Crippen molar-refractivity contribution in [2.24, 2.45) is 0 Å². The minimum atomic E-state index is 1.36.